The van der Waals surface area contributed by atoms with Crippen LogP contribution in [0.15, 0.2) is 30.3 Å². The van der Waals surface area contributed by atoms with Gasteiger partial charge in [-0.2, -0.15) is 10.5 Å². The monoisotopic (exact) mass is 598 g/mol. The van der Waals surface area contributed by atoms with Gasteiger partial charge in [-0.15, -0.1) is 0 Å². The van der Waals surface area contributed by atoms with Crippen molar-refractivity contribution in [2.45, 2.75) is 119 Å². The van der Waals surface area contributed by atoms with Crippen LogP contribution in [0.25, 0.3) is 17.2 Å². The van der Waals surface area contributed by atoms with Crippen LogP contribution < -0.4 is 14.2 Å². The van der Waals surface area contributed by atoms with Crippen molar-refractivity contribution in [2.24, 2.45) is 0 Å². The lowest BCUT2D eigenvalue weighted by Crippen LogP contribution is -2.04. The van der Waals surface area contributed by atoms with E-state index in [1.807, 2.05) is 57.2 Å². The Labute approximate surface area is 267 Å². The molecule has 0 amide bonds. The lowest BCUT2D eigenvalue weighted by atomic mass is 9.94. The average Bonchev–Trinajstić information content (AvgIpc) is 3.02. The highest BCUT2D eigenvalue weighted by Gasteiger charge is 2.17. The van der Waals surface area contributed by atoms with Crippen LogP contribution in [-0.2, 0) is 0 Å². The van der Waals surface area contributed by atoms with Crippen molar-refractivity contribution >= 4 is 17.2 Å². The molecule has 0 radical (unpaired) electrons. The maximum atomic E-state index is 10.5. The molecule has 44 heavy (non-hydrogen) atoms. The number of unbranched alkanes of at least 4 members (excludes halogenated alkanes) is 9. The molecule has 0 spiro atoms. The first-order valence-electron chi connectivity index (χ1n) is 16.8. The number of rotatable bonds is 21. The number of allylic oxidation sites excluding steroid dienone is 3. The fourth-order valence-electron chi connectivity index (χ4n) is 5.12. The molecule has 0 fully saturated rings. The van der Waals surface area contributed by atoms with Crippen molar-refractivity contribution in [2.75, 3.05) is 19.8 Å². The summed E-state index contributed by atoms with van der Waals surface area (Å²) in [6.45, 7) is 14.3. The van der Waals surface area contributed by atoms with E-state index >= 15 is 0 Å². The van der Waals surface area contributed by atoms with Crippen LogP contribution >= 0.6 is 0 Å². The molecule has 0 unspecified atom stereocenters. The summed E-state index contributed by atoms with van der Waals surface area (Å²) in [5.41, 5.74) is 5.36. The fourth-order valence-corrected chi connectivity index (χ4v) is 5.12. The van der Waals surface area contributed by atoms with Gasteiger partial charge < -0.3 is 14.2 Å². The summed E-state index contributed by atoms with van der Waals surface area (Å²) in [4.78, 5) is 0. The second-order valence-corrected chi connectivity index (χ2v) is 11.5. The van der Waals surface area contributed by atoms with Crippen LogP contribution in [0, 0.1) is 36.5 Å². The second kappa shape index (κ2) is 21.1. The Morgan fingerprint density at radius 3 is 1.61 bits per heavy atom. The molecule has 2 aromatic carbocycles. The summed E-state index contributed by atoms with van der Waals surface area (Å²) in [6.07, 6.45) is 17.1. The highest BCUT2D eigenvalue weighted by atomic mass is 16.5. The quantitative estimate of drug-likeness (QED) is 0.0811. The van der Waals surface area contributed by atoms with Gasteiger partial charge in [0, 0.05) is 11.1 Å². The molecular weight excluding hydrogens is 544 g/mol. The van der Waals surface area contributed by atoms with Gasteiger partial charge in [-0.05, 0) is 87.1 Å². The number of nitriles is 2. The number of ether oxygens (including phenoxy) is 3. The third kappa shape index (κ3) is 11.8. The van der Waals surface area contributed by atoms with Gasteiger partial charge in [0.1, 0.15) is 17.2 Å². The standard InChI is InChI=1S/C39H54N2O3/c1-7-11-14-17-20-42-37-26-33(38(24-31(37)6)43-21-18-15-12-8-2)25-34(29-41)36-23-30(5)35(32(10-4)28-40)27-39(36)44-22-19-16-13-9-3/h10,23-27H,7-9,11-22H2,1-6H3/b32-10+,34-25+. The maximum absolute atomic E-state index is 10.5. The van der Waals surface area contributed by atoms with E-state index in [9.17, 15) is 10.5 Å². The molecule has 0 aromatic heterocycles. The molecule has 238 valence electrons. The van der Waals surface area contributed by atoms with Crippen molar-refractivity contribution in [3.8, 4) is 29.4 Å². The Hall–Kier alpha value is -3.70. The molecule has 5 heteroatoms. The van der Waals surface area contributed by atoms with Gasteiger partial charge in [0.2, 0.25) is 0 Å². The number of hydrogen-bond donors (Lipinski definition) is 0. The number of benzene rings is 2. The Bertz CT molecular complexity index is 1310. The molecule has 0 bridgehead atoms. The Balaban J connectivity index is 2.56. The van der Waals surface area contributed by atoms with Crippen molar-refractivity contribution in [3.05, 3.63) is 58.2 Å². The van der Waals surface area contributed by atoms with E-state index in [-0.39, 0.29) is 0 Å². The summed E-state index contributed by atoms with van der Waals surface area (Å²) in [6, 6.07) is 12.7. The van der Waals surface area contributed by atoms with Crippen molar-refractivity contribution in [1.82, 2.24) is 0 Å². The zero-order valence-corrected chi connectivity index (χ0v) is 28.2. The van der Waals surface area contributed by atoms with Crippen molar-refractivity contribution in [3.63, 3.8) is 0 Å². The minimum atomic E-state index is 0.482. The van der Waals surface area contributed by atoms with Gasteiger partial charge in [-0.25, -0.2) is 0 Å². The van der Waals surface area contributed by atoms with Gasteiger partial charge in [0.05, 0.1) is 43.1 Å². The minimum absolute atomic E-state index is 0.482. The SMILES string of the molecule is C/C=C(\C#N)c1cc(OCCCCCC)c(/C(C#N)=C/c2cc(OCCCCCC)c(C)cc2OCCCCCC)cc1C. The normalized spacial score (nSPS) is 11.6. The summed E-state index contributed by atoms with van der Waals surface area (Å²) < 4.78 is 18.8. The van der Waals surface area contributed by atoms with E-state index in [0.29, 0.717) is 42.3 Å². The van der Waals surface area contributed by atoms with E-state index < -0.39 is 0 Å². The summed E-state index contributed by atoms with van der Waals surface area (Å²) >= 11 is 0. The molecule has 0 N–H and O–H groups in total. The van der Waals surface area contributed by atoms with Crippen molar-refractivity contribution < 1.29 is 14.2 Å². The summed E-state index contributed by atoms with van der Waals surface area (Å²) in [5.74, 6) is 2.18. The topological polar surface area (TPSA) is 75.3 Å². The first kappa shape index (κ1) is 36.5. The van der Waals surface area contributed by atoms with E-state index in [0.717, 1.165) is 85.1 Å². The molecule has 0 saturated carbocycles. The fraction of sp³-hybridized carbons (Fsp3) is 0.538. The lowest BCUT2D eigenvalue weighted by molar-refractivity contribution is 0.295. The predicted octanol–water partition coefficient (Wildman–Crippen LogP) is 11.2. The van der Waals surface area contributed by atoms with Gasteiger partial charge in [-0.3, -0.25) is 0 Å². The summed E-state index contributed by atoms with van der Waals surface area (Å²) in [7, 11) is 0. The second-order valence-electron chi connectivity index (χ2n) is 11.5. The Kier molecular flexibility index (Phi) is 17.5. The van der Waals surface area contributed by atoms with Crippen LogP contribution in [-0.4, -0.2) is 19.8 Å². The molecule has 0 atom stereocenters. The zero-order valence-electron chi connectivity index (χ0n) is 28.2. The smallest absolute Gasteiger partial charge is 0.128 e. The maximum Gasteiger partial charge on any atom is 0.128 e. The van der Waals surface area contributed by atoms with Crippen LogP contribution in [0.1, 0.15) is 133 Å². The average molecular weight is 599 g/mol. The predicted molar refractivity (Wildman–Crippen MR) is 184 cm³/mol. The third-order valence-corrected chi connectivity index (χ3v) is 7.81. The molecule has 0 aliphatic carbocycles. The van der Waals surface area contributed by atoms with Gasteiger partial charge in [-0.1, -0.05) is 84.6 Å². The van der Waals surface area contributed by atoms with Gasteiger partial charge in [0.15, 0.2) is 0 Å². The third-order valence-electron chi connectivity index (χ3n) is 7.81. The molecule has 5 nitrogen and oxygen atoms in total. The highest BCUT2D eigenvalue weighted by Crippen LogP contribution is 2.36. The van der Waals surface area contributed by atoms with Crippen LogP contribution in [0.3, 0.4) is 0 Å². The summed E-state index contributed by atoms with van der Waals surface area (Å²) in [5, 5.41) is 20.2. The first-order valence-corrected chi connectivity index (χ1v) is 16.8. The van der Waals surface area contributed by atoms with E-state index in [2.05, 4.69) is 32.9 Å². The highest BCUT2D eigenvalue weighted by molar-refractivity contribution is 5.94. The first-order chi connectivity index (χ1) is 21.4. The Morgan fingerprint density at radius 2 is 1.11 bits per heavy atom. The van der Waals surface area contributed by atoms with E-state index in [4.69, 9.17) is 14.2 Å². The van der Waals surface area contributed by atoms with Gasteiger partial charge in [0.25, 0.3) is 0 Å². The van der Waals surface area contributed by atoms with E-state index in [1.54, 1.807) is 0 Å². The number of nitrogens with zero attached hydrogens (tertiary/aromatic N) is 2. The van der Waals surface area contributed by atoms with Gasteiger partial charge >= 0.3 is 0 Å². The van der Waals surface area contributed by atoms with E-state index in [1.165, 1.54) is 25.7 Å². The van der Waals surface area contributed by atoms with Crippen LogP contribution in [0.5, 0.6) is 17.2 Å². The lowest BCUT2D eigenvalue weighted by Gasteiger charge is -2.17. The minimum Gasteiger partial charge on any atom is -0.493 e. The Morgan fingerprint density at radius 1 is 0.591 bits per heavy atom. The van der Waals surface area contributed by atoms with Crippen LogP contribution in [0.4, 0.5) is 0 Å². The van der Waals surface area contributed by atoms with Crippen molar-refractivity contribution in [1.29, 1.82) is 10.5 Å². The molecule has 0 heterocycles. The molecule has 2 aromatic rings. The molecule has 2 rings (SSSR count). The molecule has 0 aliphatic heterocycles. The number of hydrogen-bond acceptors (Lipinski definition) is 5. The molecule has 0 saturated heterocycles. The molecular formula is C39H54N2O3. The molecule has 0 aliphatic rings. The van der Waals surface area contributed by atoms with Crippen LogP contribution in [0.2, 0.25) is 0 Å². The largest absolute Gasteiger partial charge is 0.493 e. The number of aryl methyl sites for hydroxylation is 2. The zero-order chi connectivity index (χ0) is 32.2.